The van der Waals surface area contributed by atoms with Crippen molar-refractivity contribution in [1.29, 1.82) is 0 Å². The summed E-state index contributed by atoms with van der Waals surface area (Å²) in [7, 11) is 0. The van der Waals surface area contributed by atoms with Crippen LogP contribution in [-0.2, 0) is 0 Å². The third-order valence-electron chi connectivity index (χ3n) is 4.07. The van der Waals surface area contributed by atoms with Crippen molar-refractivity contribution in [3.63, 3.8) is 0 Å². The van der Waals surface area contributed by atoms with Gasteiger partial charge in [-0.1, -0.05) is 20.3 Å². The first-order valence-corrected chi connectivity index (χ1v) is 8.02. The van der Waals surface area contributed by atoms with Gasteiger partial charge in [-0.2, -0.15) is 0 Å². The van der Waals surface area contributed by atoms with Gasteiger partial charge in [0.1, 0.15) is 5.01 Å². The number of thiazole rings is 1. The SMILES string of the molecule is Cc1csc(C(C)NC2CCCC(C)(C)CC2)n1. The maximum absolute atomic E-state index is 4.58. The van der Waals surface area contributed by atoms with Gasteiger partial charge in [0.15, 0.2) is 0 Å². The molecule has 2 unspecified atom stereocenters. The summed E-state index contributed by atoms with van der Waals surface area (Å²) in [5.74, 6) is 0. The summed E-state index contributed by atoms with van der Waals surface area (Å²) in [6.45, 7) is 9.13. The standard InChI is InChI=1S/C15H26N2S/c1-11-10-18-14(16-11)12(2)17-13-6-5-8-15(3,4)9-7-13/h10,12-13,17H,5-9H2,1-4H3. The third kappa shape index (κ3) is 3.79. The van der Waals surface area contributed by atoms with Gasteiger partial charge in [0, 0.05) is 17.1 Å². The van der Waals surface area contributed by atoms with E-state index < -0.39 is 0 Å². The molecule has 1 aliphatic rings. The lowest BCUT2D eigenvalue weighted by atomic mass is 9.85. The van der Waals surface area contributed by atoms with E-state index >= 15 is 0 Å². The first-order chi connectivity index (χ1) is 8.46. The Morgan fingerprint density at radius 3 is 2.83 bits per heavy atom. The lowest BCUT2D eigenvalue weighted by Gasteiger charge is -2.23. The molecule has 0 aliphatic heterocycles. The highest BCUT2D eigenvalue weighted by atomic mass is 32.1. The van der Waals surface area contributed by atoms with Gasteiger partial charge in [0.2, 0.25) is 0 Å². The number of nitrogens with zero attached hydrogens (tertiary/aromatic N) is 1. The smallest absolute Gasteiger partial charge is 0.110 e. The topological polar surface area (TPSA) is 24.9 Å². The molecule has 0 amide bonds. The highest BCUT2D eigenvalue weighted by Gasteiger charge is 2.25. The van der Waals surface area contributed by atoms with E-state index in [9.17, 15) is 0 Å². The van der Waals surface area contributed by atoms with Crippen LogP contribution in [0.3, 0.4) is 0 Å². The van der Waals surface area contributed by atoms with Gasteiger partial charge >= 0.3 is 0 Å². The molecule has 1 heterocycles. The van der Waals surface area contributed by atoms with E-state index in [0.29, 0.717) is 17.5 Å². The molecule has 1 N–H and O–H groups in total. The average Bonchev–Trinajstić information content (AvgIpc) is 2.65. The minimum Gasteiger partial charge on any atom is -0.305 e. The van der Waals surface area contributed by atoms with Crippen LogP contribution in [-0.4, -0.2) is 11.0 Å². The minimum atomic E-state index is 0.398. The van der Waals surface area contributed by atoms with E-state index in [1.165, 1.54) is 37.1 Å². The highest BCUT2D eigenvalue weighted by molar-refractivity contribution is 7.09. The normalized spacial score (nSPS) is 25.7. The molecule has 0 saturated heterocycles. The van der Waals surface area contributed by atoms with Crippen LogP contribution in [0.25, 0.3) is 0 Å². The zero-order valence-corrected chi connectivity index (χ0v) is 12.9. The maximum Gasteiger partial charge on any atom is 0.110 e. The lowest BCUT2D eigenvalue weighted by molar-refractivity contribution is 0.307. The van der Waals surface area contributed by atoms with Crippen LogP contribution < -0.4 is 5.32 Å². The van der Waals surface area contributed by atoms with Crippen molar-refractivity contribution < 1.29 is 0 Å². The Kier molecular flexibility index (Phi) is 4.44. The largest absolute Gasteiger partial charge is 0.305 e. The summed E-state index contributed by atoms with van der Waals surface area (Å²) in [6, 6.07) is 1.07. The third-order valence-corrected chi connectivity index (χ3v) is 5.21. The van der Waals surface area contributed by atoms with Crippen molar-refractivity contribution >= 4 is 11.3 Å². The van der Waals surface area contributed by atoms with Crippen LogP contribution in [0.5, 0.6) is 0 Å². The van der Waals surface area contributed by atoms with Crippen LogP contribution in [0.1, 0.15) is 69.6 Å². The number of rotatable bonds is 3. The molecule has 0 radical (unpaired) electrons. The van der Waals surface area contributed by atoms with Gasteiger partial charge in [-0.05, 0) is 44.9 Å². The predicted octanol–water partition coefficient (Wildman–Crippen LogP) is 4.46. The van der Waals surface area contributed by atoms with Crippen LogP contribution in [0, 0.1) is 12.3 Å². The van der Waals surface area contributed by atoms with Gasteiger partial charge in [0.05, 0.1) is 6.04 Å². The lowest BCUT2D eigenvalue weighted by Crippen LogP contribution is -2.31. The van der Waals surface area contributed by atoms with Gasteiger partial charge < -0.3 is 5.32 Å². The molecule has 2 atom stereocenters. The molecule has 102 valence electrons. The van der Waals surface area contributed by atoms with Crippen molar-refractivity contribution in [2.24, 2.45) is 5.41 Å². The molecule has 1 aromatic rings. The van der Waals surface area contributed by atoms with E-state index in [-0.39, 0.29) is 0 Å². The molecule has 1 aromatic heterocycles. The van der Waals surface area contributed by atoms with Crippen molar-refractivity contribution in [3.8, 4) is 0 Å². The summed E-state index contributed by atoms with van der Waals surface area (Å²) in [6.07, 6.45) is 6.69. The Labute approximate surface area is 115 Å². The Morgan fingerprint density at radius 1 is 1.39 bits per heavy atom. The Morgan fingerprint density at radius 2 is 2.17 bits per heavy atom. The van der Waals surface area contributed by atoms with Gasteiger partial charge in [-0.25, -0.2) is 4.98 Å². The summed E-state index contributed by atoms with van der Waals surface area (Å²) in [4.78, 5) is 4.58. The second-order valence-electron chi connectivity index (χ2n) is 6.51. The fraction of sp³-hybridized carbons (Fsp3) is 0.800. The Hall–Kier alpha value is -0.410. The summed E-state index contributed by atoms with van der Waals surface area (Å²) in [5.41, 5.74) is 1.68. The van der Waals surface area contributed by atoms with Gasteiger partial charge in [0.25, 0.3) is 0 Å². The van der Waals surface area contributed by atoms with Crippen molar-refractivity contribution in [2.75, 3.05) is 0 Å². The summed E-state index contributed by atoms with van der Waals surface area (Å²) in [5, 5.41) is 7.15. The van der Waals surface area contributed by atoms with Crippen molar-refractivity contribution in [2.45, 2.75) is 71.9 Å². The number of aryl methyl sites for hydroxylation is 1. The molecule has 0 bridgehead atoms. The van der Waals surface area contributed by atoms with Crippen LogP contribution in [0.4, 0.5) is 0 Å². The zero-order chi connectivity index (χ0) is 13.2. The van der Waals surface area contributed by atoms with Gasteiger partial charge in [-0.15, -0.1) is 11.3 Å². The molecular weight excluding hydrogens is 240 g/mol. The molecular formula is C15H26N2S. The van der Waals surface area contributed by atoms with E-state index in [2.05, 4.69) is 43.4 Å². The van der Waals surface area contributed by atoms with E-state index in [1.54, 1.807) is 11.3 Å². The number of nitrogens with one attached hydrogen (secondary N) is 1. The highest BCUT2D eigenvalue weighted by Crippen LogP contribution is 2.34. The molecule has 18 heavy (non-hydrogen) atoms. The van der Waals surface area contributed by atoms with Crippen LogP contribution in [0.15, 0.2) is 5.38 Å². The quantitative estimate of drug-likeness (QED) is 0.817. The molecule has 3 heteroatoms. The Bertz CT molecular complexity index is 384. The first kappa shape index (κ1) is 14.0. The van der Waals surface area contributed by atoms with Crippen LogP contribution in [0.2, 0.25) is 0 Å². The Balaban J connectivity index is 1.89. The van der Waals surface area contributed by atoms with Crippen LogP contribution >= 0.6 is 11.3 Å². The van der Waals surface area contributed by atoms with Gasteiger partial charge in [-0.3, -0.25) is 0 Å². The molecule has 2 nitrogen and oxygen atoms in total. The molecule has 2 rings (SSSR count). The average molecular weight is 266 g/mol. The van der Waals surface area contributed by atoms with Crippen molar-refractivity contribution in [1.82, 2.24) is 10.3 Å². The van der Waals surface area contributed by atoms with E-state index in [4.69, 9.17) is 0 Å². The second kappa shape index (κ2) is 5.70. The first-order valence-electron chi connectivity index (χ1n) is 7.14. The van der Waals surface area contributed by atoms with E-state index in [1.807, 2.05) is 0 Å². The summed E-state index contributed by atoms with van der Waals surface area (Å²) < 4.78 is 0. The number of aromatic nitrogens is 1. The zero-order valence-electron chi connectivity index (χ0n) is 12.1. The molecule has 1 aliphatic carbocycles. The number of hydrogen-bond donors (Lipinski definition) is 1. The number of hydrogen-bond acceptors (Lipinski definition) is 3. The fourth-order valence-electron chi connectivity index (χ4n) is 2.82. The second-order valence-corrected chi connectivity index (χ2v) is 7.40. The molecule has 1 saturated carbocycles. The van der Waals surface area contributed by atoms with E-state index in [0.717, 1.165) is 5.69 Å². The minimum absolute atomic E-state index is 0.398. The molecule has 1 fully saturated rings. The molecule has 0 spiro atoms. The predicted molar refractivity (Wildman–Crippen MR) is 79.1 cm³/mol. The monoisotopic (exact) mass is 266 g/mol. The molecule has 0 aromatic carbocycles. The van der Waals surface area contributed by atoms with Crippen molar-refractivity contribution in [3.05, 3.63) is 16.1 Å². The maximum atomic E-state index is 4.58. The fourth-order valence-corrected chi connectivity index (χ4v) is 3.64. The summed E-state index contributed by atoms with van der Waals surface area (Å²) >= 11 is 1.78.